The third-order valence-electron chi connectivity index (χ3n) is 3.17. The van der Waals surface area contributed by atoms with E-state index in [9.17, 15) is 8.42 Å². The van der Waals surface area contributed by atoms with Crippen LogP contribution in [0.5, 0.6) is 0 Å². The fourth-order valence-corrected chi connectivity index (χ4v) is 6.58. The number of hydrogen-bond donors (Lipinski definition) is 0. The van der Waals surface area contributed by atoms with Gasteiger partial charge in [-0.15, -0.1) is 0 Å². The van der Waals surface area contributed by atoms with Crippen molar-refractivity contribution in [1.29, 1.82) is 0 Å². The van der Waals surface area contributed by atoms with Gasteiger partial charge in [-0.25, -0.2) is 8.42 Å². The average molecular weight is 379 g/mol. The lowest BCUT2D eigenvalue weighted by Crippen LogP contribution is -2.23. The van der Waals surface area contributed by atoms with Crippen LogP contribution < -0.4 is 0 Å². The highest BCUT2D eigenvalue weighted by atomic mass is 127. The molecular formula is C13H18INO2S. The van der Waals surface area contributed by atoms with Gasteiger partial charge in [-0.2, -0.15) is 4.31 Å². The van der Waals surface area contributed by atoms with Crippen LogP contribution in [0.1, 0.15) is 26.3 Å². The van der Waals surface area contributed by atoms with Crippen LogP contribution in [0.3, 0.4) is 0 Å². The van der Waals surface area contributed by atoms with Crippen LogP contribution in [0.15, 0.2) is 29.2 Å². The molecule has 0 aliphatic carbocycles. The summed E-state index contributed by atoms with van der Waals surface area (Å²) in [6.07, 6.45) is 0. The fraction of sp³-hybridized carbons (Fsp3) is 0.538. The van der Waals surface area contributed by atoms with E-state index in [4.69, 9.17) is 0 Å². The van der Waals surface area contributed by atoms with Gasteiger partial charge in [-0.1, -0.05) is 61.1 Å². The first kappa shape index (κ1) is 14.3. The molecular weight excluding hydrogens is 361 g/mol. The highest BCUT2D eigenvalue weighted by molar-refractivity contribution is 14.1. The first-order chi connectivity index (χ1) is 8.15. The molecule has 1 aromatic carbocycles. The molecule has 1 unspecified atom stereocenters. The van der Waals surface area contributed by atoms with Gasteiger partial charge in [0.25, 0.3) is 0 Å². The van der Waals surface area contributed by atoms with Gasteiger partial charge in [0.15, 0.2) is 0 Å². The zero-order valence-corrected chi connectivity index (χ0v) is 14.0. The summed E-state index contributed by atoms with van der Waals surface area (Å²) in [5, 5.41) is 0. The molecule has 0 bridgehead atoms. The van der Waals surface area contributed by atoms with Gasteiger partial charge in [-0.3, -0.25) is 0 Å². The summed E-state index contributed by atoms with van der Waals surface area (Å²) in [5.41, 5.74) is 1.04. The lowest BCUT2D eigenvalue weighted by atomic mass is 9.92. The number of nitrogens with zero attached hydrogens (tertiary/aromatic N) is 1. The molecule has 18 heavy (non-hydrogen) atoms. The second-order valence-corrected chi connectivity index (χ2v) is 8.95. The van der Waals surface area contributed by atoms with Gasteiger partial charge in [0, 0.05) is 0 Å². The van der Waals surface area contributed by atoms with E-state index in [2.05, 4.69) is 43.4 Å². The van der Waals surface area contributed by atoms with E-state index in [1.165, 1.54) is 0 Å². The highest BCUT2D eigenvalue weighted by Crippen LogP contribution is 2.48. The standard InChI is InChI=1S/C13H18INO2S/c1-9-5-7-10(8-6-9)18(16,17)15-11(12(15)14)13(2,3)4/h5-8,11-12H,1-4H3/t11-,12+,15?/m0/s1. The molecule has 1 aliphatic heterocycles. The topological polar surface area (TPSA) is 37.1 Å². The Morgan fingerprint density at radius 3 is 2.06 bits per heavy atom. The molecule has 1 heterocycles. The summed E-state index contributed by atoms with van der Waals surface area (Å²) >= 11 is 2.21. The van der Waals surface area contributed by atoms with Crippen LogP contribution in [0.25, 0.3) is 0 Å². The number of rotatable bonds is 2. The smallest absolute Gasteiger partial charge is 0.207 e. The summed E-state index contributed by atoms with van der Waals surface area (Å²) in [6.45, 7) is 8.18. The number of halogens is 1. The van der Waals surface area contributed by atoms with E-state index in [-0.39, 0.29) is 15.5 Å². The van der Waals surface area contributed by atoms with Gasteiger partial charge < -0.3 is 0 Å². The number of benzene rings is 1. The van der Waals surface area contributed by atoms with Crippen LogP contribution in [0.4, 0.5) is 0 Å². The average Bonchev–Trinajstić information content (AvgIpc) is 2.91. The molecule has 0 N–H and O–H groups in total. The molecule has 0 saturated carbocycles. The fourth-order valence-electron chi connectivity index (χ4n) is 2.09. The van der Waals surface area contributed by atoms with E-state index in [1.807, 2.05) is 19.1 Å². The van der Waals surface area contributed by atoms with E-state index < -0.39 is 10.0 Å². The normalized spacial score (nSPS) is 28.2. The van der Waals surface area contributed by atoms with E-state index in [0.717, 1.165) is 5.56 Å². The Balaban J connectivity index is 2.32. The Bertz CT molecular complexity index is 545. The minimum atomic E-state index is -3.34. The van der Waals surface area contributed by atoms with Crippen molar-refractivity contribution in [3.05, 3.63) is 29.8 Å². The van der Waals surface area contributed by atoms with Crippen molar-refractivity contribution in [2.75, 3.05) is 0 Å². The predicted molar refractivity (Wildman–Crippen MR) is 81.3 cm³/mol. The SMILES string of the molecule is Cc1ccc(S(=O)(=O)N2[C@H](C(C)(C)C)[C@@H]2I)cc1. The lowest BCUT2D eigenvalue weighted by Gasteiger charge is -2.17. The molecule has 1 aliphatic rings. The number of sulfonamides is 1. The molecule has 0 spiro atoms. The van der Waals surface area contributed by atoms with Crippen LogP contribution in [0, 0.1) is 12.3 Å². The first-order valence-electron chi connectivity index (χ1n) is 5.90. The molecule has 0 radical (unpaired) electrons. The Morgan fingerprint density at radius 2 is 1.67 bits per heavy atom. The van der Waals surface area contributed by atoms with Gasteiger partial charge in [0.05, 0.1) is 15.0 Å². The monoisotopic (exact) mass is 379 g/mol. The summed E-state index contributed by atoms with van der Waals surface area (Å²) in [4.78, 5) is 0.390. The van der Waals surface area contributed by atoms with Crippen molar-refractivity contribution in [3.63, 3.8) is 0 Å². The Morgan fingerprint density at radius 1 is 1.17 bits per heavy atom. The van der Waals surface area contributed by atoms with Crippen LogP contribution in [-0.4, -0.2) is 22.8 Å². The van der Waals surface area contributed by atoms with Crippen molar-refractivity contribution < 1.29 is 8.42 Å². The zero-order valence-electron chi connectivity index (χ0n) is 11.0. The second-order valence-electron chi connectivity index (χ2n) is 5.83. The van der Waals surface area contributed by atoms with Crippen molar-refractivity contribution in [2.45, 2.75) is 42.7 Å². The van der Waals surface area contributed by atoms with Crippen LogP contribution >= 0.6 is 22.6 Å². The molecule has 1 saturated heterocycles. The molecule has 100 valence electrons. The maximum atomic E-state index is 12.5. The summed E-state index contributed by atoms with van der Waals surface area (Å²) in [7, 11) is -3.34. The molecule has 2 rings (SSSR count). The molecule has 1 aromatic rings. The minimum absolute atomic E-state index is 0.0242. The van der Waals surface area contributed by atoms with Crippen molar-refractivity contribution in [2.24, 2.45) is 5.41 Å². The molecule has 5 heteroatoms. The van der Waals surface area contributed by atoms with E-state index in [0.29, 0.717) is 4.90 Å². The third kappa shape index (κ3) is 2.44. The van der Waals surface area contributed by atoms with Gasteiger partial charge in [-0.05, 0) is 24.5 Å². The van der Waals surface area contributed by atoms with Crippen molar-refractivity contribution >= 4 is 32.6 Å². The molecule has 3 nitrogen and oxygen atoms in total. The number of hydrogen-bond acceptors (Lipinski definition) is 2. The van der Waals surface area contributed by atoms with Crippen molar-refractivity contribution in [3.8, 4) is 0 Å². The Hall–Kier alpha value is -0.140. The van der Waals surface area contributed by atoms with Crippen molar-refractivity contribution in [1.82, 2.24) is 4.31 Å². The molecule has 3 atom stereocenters. The van der Waals surface area contributed by atoms with Crippen LogP contribution in [0.2, 0.25) is 0 Å². The Kier molecular flexibility index (Phi) is 3.53. The second kappa shape index (κ2) is 4.45. The van der Waals surface area contributed by atoms with E-state index >= 15 is 0 Å². The highest BCUT2D eigenvalue weighted by Gasteiger charge is 2.59. The van der Waals surface area contributed by atoms with Gasteiger partial charge in [0.1, 0.15) is 0 Å². The number of aryl methyl sites for hydroxylation is 1. The molecule has 0 aromatic heterocycles. The summed E-state index contributed by atoms with van der Waals surface area (Å²) in [5.74, 6) is 0. The zero-order chi connectivity index (χ0) is 13.7. The van der Waals surface area contributed by atoms with Crippen LogP contribution in [-0.2, 0) is 10.0 Å². The Labute approximate surface area is 123 Å². The quantitative estimate of drug-likeness (QED) is 0.343. The predicted octanol–water partition coefficient (Wildman–Crippen LogP) is 3.18. The maximum absolute atomic E-state index is 12.5. The number of alkyl halides is 1. The van der Waals surface area contributed by atoms with Gasteiger partial charge in [0.2, 0.25) is 10.0 Å². The minimum Gasteiger partial charge on any atom is -0.207 e. The first-order valence-corrected chi connectivity index (χ1v) is 8.58. The lowest BCUT2D eigenvalue weighted by molar-refractivity contribution is 0.370. The molecule has 0 amide bonds. The largest absolute Gasteiger partial charge is 0.244 e. The van der Waals surface area contributed by atoms with Gasteiger partial charge >= 0.3 is 0 Å². The third-order valence-corrected chi connectivity index (χ3v) is 6.71. The summed E-state index contributed by atoms with van der Waals surface area (Å²) < 4.78 is 26.7. The maximum Gasteiger partial charge on any atom is 0.244 e. The molecule has 1 fully saturated rings. The summed E-state index contributed by atoms with van der Waals surface area (Å²) in [6, 6.07) is 7.14. The van der Waals surface area contributed by atoms with E-state index in [1.54, 1.807) is 16.4 Å².